The summed E-state index contributed by atoms with van der Waals surface area (Å²) in [6.45, 7) is 2.59. The number of pyridine rings is 2. The molecule has 0 saturated carbocycles. The zero-order valence-electron chi connectivity index (χ0n) is 14.0. The molecule has 0 aliphatic heterocycles. The Balaban J connectivity index is 1.89. The van der Waals surface area contributed by atoms with Gasteiger partial charge >= 0.3 is 6.18 Å². The molecule has 3 aromatic heterocycles. The molecule has 3 aromatic rings. The van der Waals surface area contributed by atoms with Crippen molar-refractivity contribution in [3.8, 4) is 11.3 Å². The molecular weight excluding hydrogens is 383 g/mol. The van der Waals surface area contributed by atoms with Crippen LogP contribution in [0, 0.1) is 0 Å². The number of carbonyl (C=O) groups excluding carboxylic acids is 1. The molecule has 6 nitrogen and oxygen atoms in total. The molecule has 0 aromatic carbocycles. The number of anilines is 1. The van der Waals surface area contributed by atoms with E-state index in [1.54, 1.807) is 29.2 Å². The van der Waals surface area contributed by atoms with E-state index in [4.69, 9.17) is 11.6 Å². The molecular formula is C17H13ClF3N5O. The number of aromatic nitrogens is 4. The molecule has 140 valence electrons. The lowest BCUT2D eigenvalue weighted by molar-refractivity contribution is -0.140. The van der Waals surface area contributed by atoms with Crippen LogP contribution in [-0.2, 0) is 12.7 Å². The molecule has 0 aliphatic rings. The Labute approximate surface area is 157 Å². The van der Waals surface area contributed by atoms with Crippen LogP contribution in [0.2, 0.25) is 5.02 Å². The maximum absolute atomic E-state index is 13.1. The topological polar surface area (TPSA) is 72.7 Å². The summed E-state index contributed by atoms with van der Waals surface area (Å²) < 4.78 is 40.9. The van der Waals surface area contributed by atoms with Crippen molar-refractivity contribution in [2.45, 2.75) is 19.6 Å². The molecule has 0 atom stereocenters. The molecule has 27 heavy (non-hydrogen) atoms. The number of carbonyl (C=O) groups is 1. The van der Waals surface area contributed by atoms with Gasteiger partial charge in [-0.1, -0.05) is 17.7 Å². The van der Waals surface area contributed by atoms with E-state index in [-0.39, 0.29) is 10.7 Å². The van der Waals surface area contributed by atoms with Gasteiger partial charge in [-0.2, -0.15) is 18.3 Å². The van der Waals surface area contributed by atoms with Crippen molar-refractivity contribution in [1.29, 1.82) is 0 Å². The standard InChI is InChI=1S/C17H13ClF3N5O/c1-2-26-9-10(7-23-26)12-4-3-5-13(24-12)16(27)25-14-6-11(18)8-22-15(14)17(19,20)21/h3-9H,2H2,1H3,(H,25,27). The average Bonchev–Trinajstić information content (AvgIpc) is 3.10. The molecule has 10 heteroatoms. The fourth-order valence-corrected chi connectivity index (χ4v) is 2.50. The Morgan fingerprint density at radius 1 is 1.30 bits per heavy atom. The fourth-order valence-electron chi connectivity index (χ4n) is 2.34. The van der Waals surface area contributed by atoms with Crippen LogP contribution in [0.1, 0.15) is 23.1 Å². The van der Waals surface area contributed by atoms with E-state index < -0.39 is 23.5 Å². The lowest BCUT2D eigenvalue weighted by Crippen LogP contribution is -2.19. The third kappa shape index (κ3) is 4.25. The maximum Gasteiger partial charge on any atom is 0.435 e. The van der Waals surface area contributed by atoms with Crippen molar-refractivity contribution in [3.63, 3.8) is 0 Å². The van der Waals surface area contributed by atoms with Gasteiger partial charge in [0.2, 0.25) is 0 Å². The van der Waals surface area contributed by atoms with Gasteiger partial charge in [-0.25, -0.2) is 9.97 Å². The van der Waals surface area contributed by atoms with Crippen LogP contribution >= 0.6 is 11.6 Å². The third-order valence-electron chi connectivity index (χ3n) is 3.61. The molecule has 0 unspecified atom stereocenters. The van der Waals surface area contributed by atoms with Crippen molar-refractivity contribution in [3.05, 3.63) is 59.3 Å². The van der Waals surface area contributed by atoms with Crippen LogP contribution in [0.5, 0.6) is 0 Å². The van der Waals surface area contributed by atoms with Crippen LogP contribution in [-0.4, -0.2) is 25.7 Å². The maximum atomic E-state index is 13.1. The smallest absolute Gasteiger partial charge is 0.319 e. The first-order valence-electron chi connectivity index (χ1n) is 7.82. The summed E-state index contributed by atoms with van der Waals surface area (Å²) in [7, 11) is 0. The summed E-state index contributed by atoms with van der Waals surface area (Å²) in [5, 5.41) is 6.27. The summed E-state index contributed by atoms with van der Waals surface area (Å²) in [6.07, 6.45) is -0.523. The number of hydrogen-bond acceptors (Lipinski definition) is 4. The van der Waals surface area contributed by atoms with Gasteiger partial charge in [0, 0.05) is 24.5 Å². The average molecular weight is 396 g/mol. The molecule has 0 fully saturated rings. The van der Waals surface area contributed by atoms with E-state index in [1.165, 1.54) is 6.07 Å². The number of nitrogens with zero attached hydrogens (tertiary/aromatic N) is 4. The second kappa shape index (κ2) is 7.36. The van der Waals surface area contributed by atoms with Gasteiger partial charge < -0.3 is 5.32 Å². The lowest BCUT2D eigenvalue weighted by Gasteiger charge is -2.13. The molecule has 0 bridgehead atoms. The van der Waals surface area contributed by atoms with Gasteiger partial charge in [-0.15, -0.1) is 0 Å². The molecule has 0 radical (unpaired) electrons. The van der Waals surface area contributed by atoms with Gasteiger partial charge in [-0.05, 0) is 25.1 Å². The predicted octanol–water partition coefficient (Wildman–Crippen LogP) is 4.28. The van der Waals surface area contributed by atoms with Crippen molar-refractivity contribution >= 4 is 23.2 Å². The zero-order valence-corrected chi connectivity index (χ0v) is 14.7. The normalized spacial score (nSPS) is 11.4. The monoisotopic (exact) mass is 395 g/mol. The first-order valence-corrected chi connectivity index (χ1v) is 8.19. The third-order valence-corrected chi connectivity index (χ3v) is 3.81. The molecule has 0 spiro atoms. The molecule has 1 amide bonds. The summed E-state index contributed by atoms with van der Waals surface area (Å²) in [5.74, 6) is -0.811. The Morgan fingerprint density at radius 2 is 2.07 bits per heavy atom. The number of amides is 1. The van der Waals surface area contributed by atoms with E-state index in [0.717, 1.165) is 12.3 Å². The molecule has 0 saturated heterocycles. The van der Waals surface area contributed by atoms with Gasteiger partial charge in [-0.3, -0.25) is 9.48 Å². The Morgan fingerprint density at radius 3 is 2.74 bits per heavy atom. The van der Waals surface area contributed by atoms with E-state index in [0.29, 0.717) is 17.8 Å². The SMILES string of the molecule is CCn1cc(-c2cccc(C(=O)Nc3cc(Cl)cnc3C(F)(F)F)n2)cn1. The summed E-state index contributed by atoms with van der Waals surface area (Å²) >= 11 is 5.71. The number of halogens is 4. The summed E-state index contributed by atoms with van der Waals surface area (Å²) in [6, 6.07) is 5.65. The number of hydrogen-bond donors (Lipinski definition) is 1. The van der Waals surface area contributed by atoms with Gasteiger partial charge in [0.05, 0.1) is 22.6 Å². The van der Waals surface area contributed by atoms with Crippen molar-refractivity contribution in [1.82, 2.24) is 19.7 Å². The highest BCUT2D eigenvalue weighted by Gasteiger charge is 2.36. The summed E-state index contributed by atoms with van der Waals surface area (Å²) in [4.78, 5) is 19.9. The second-order valence-corrected chi connectivity index (χ2v) is 5.93. The highest BCUT2D eigenvalue weighted by molar-refractivity contribution is 6.30. The number of aryl methyl sites for hydroxylation is 1. The van der Waals surface area contributed by atoms with Crippen LogP contribution in [0.3, 0.4) is 0 Å². The highest BCUT2D eigenvalue weighted by Crippen LogP contribution is 2.34. The Hall–Kier alpha value is -2.94. The fraction of sp³-hybridized carbons (Fsp3) is 0.176. The zero-order chi connectivity index (χ0) is 19.6. The van der Waals surface area contributed by atoms with E-state index in [2.05, 4.69) is 20.4 Å². The number of nitrogens with one attached hydrogen (secondary N) is 1. The van der Waals surface area contributed by atoms with E-state index in [9.17, 15) is 18.0 Å². The first kappa shape index (κ1) is 18.8. The molecule has 3 heterocycles. The van der Waals surface area contributed by atoms with Crippen LogP contribution < -0.4 is 5.32 Å². The predicted molar refractivity (Wildman–Crippen MR) is 93.3 cm³/mol. The van der Waals surface area contributed by atoms with Crippen molar-refractivity contribution in [2.24, 2.45) is 0 Å². The minimum atomic E-state index is -4.74. The van der Waals surface area contributed by atoms with E-state index >= 15 is 0 Å². The molecule has 0 aliphatic carbocycles. The quantitative estimate of drug-likeness (QED) is 0.715. The minimum absolute atomic E-state index is 0.0352. The van der Waals surface area contributed by atoms with Gasteiger partial charge in [0.25, 0.3) is 5.91 Å². The van der Waals surface area contributed by atoms with Crippen LogP contribution in [0.15, 0.2) is 42.9 Å². The first-order chi connectivity index (χ1) is 12.8. The van der Waals surface area contributed by atoms with Crippen molar-refractivity contribution < 1.29 is 18.0 Å². The van der Waals surface area contributed by atoms with Gasteiger partial charge in [0.15, 0.2) is 5.69 Å². The minimum Gasteiger partial charge on any atom is -0.319 e. The summed E-state index contributed by atoms with van der Waals surface area (Å²) in [5.41, 5.74) is -0.661. The lowest BCUT2D eigenvalue weighted by atomic mass is 10.2. The highest BCUT2D eigenvalue weighted by atomic mass is 35.5. The number of alkyl halides is 3. The largest absolute Gasteiger partial charge is 0.435 e. The van der Waals surface area contributed by atoms with Crippen LogP contribution in [0.4, 0.5) is 18.9 Å². The molecule has 1 N–H and O–H groups in total. The Bertz CT molecular complexity index is 987. The van der Waals surface area contributed by atoms with Crippen molar-refractivity contribution in [2.75, 3.05) is 5.32 Å². The van der Waals surface area contributed by atoms with E-state index in [1.807, 2.05) is 6.92 Å². The van der Waals surface area contributed by atoms with Crippen LogP contribution in [0.25, 0.3) is 11.3 Å². The Kier molecular flexibility index (Phi) is 5.13. The number of rotatable bonds is 4. The molecule has 3 rings (SSSR count). The van der Waals surface area contributed by atoms with Gasteiger partial charge in [0.1, 0.15) is 5.69 Å². The second-order valence-electron chi connectivity index (χ2n) is 5.49.